The van der Waals surface area contributed by atoms with Gasteiger partial charge >= 0.3 is 6.09 Å². The van der Waals surface area contributed by atoms with Gasteiger partial charge in [-0.1, -0.05) is 18.2 Å². The first-order chi connectivity index (χ1) is 15.1. The molecule has 0 unspecified atom stereocenters. The summed E-state index contributed by atoms with van der Waals surface area (Å²) in [5.74, 6) is -0.295. The lowest BCUT2D eigenvalue weighted by molar-refractivity contribution is 0.0892. The van der Waals surface area contributed by atoms with Gasteiger partial charge < -0.3 is 9.64 Å². The van der Waals surface area contributed by atoms with Crippen molar-refractivity contribution in [2.45, 2.75) is 18.4 Å². The molecule has 0 N–H and O–H groups in total. The summed E-state index contributed by atoms with van der Waals surface area (Å²) < 4.78 is 32.5. The molecule has 0 saturated carbocycles. The summed E-state index contributed by atoms with van der Waals surface area (Å²) in [6.07, 6.45) is 0.666. The van der Waals surface area contributed by atoms with Gasteiger partial charge in [0.05, 0.1) is 6.54 Å². The highest BCUT2D eigenvalue weighted by Crippen LogP contribution is 2.47. The lowest BCUT2D eigenvalue weighted by atomic mass is 9.93. The Kier molecular flexibility index (Phi) is 5.63. The van der Waals surface area contributed by atoms with Crippen LogP contribution in [-0.2, 0) is 4.74 Å². The van der Waals surface area contributed by atoms with Gasteiger partial charge in [-0.3, -0.25) is 9.80 Å². The molecule has 2 aliphatic heterocycles. The molecule has 31 heavy (non-hydrogen) atoms. The molecule has 0 aromatic heterocycles. The van der Waals surface area contributed by atoms with Crippen molar-refractivity contribution in [3.05, 3.63) is 70.8 Å². The predicted octanol–water partition coefficient (Wildman–Crippen LogP) is 3.61. The molecule has 0 bridgehead atoms. The average Bonchev–Trinajstić information content (AvgIpc) is 3.36. The smallest absolute Gasteiger partial charge is 0.409 e. The summed E-state index contributed by atoms with van der Waals surface area (Å²) >= 11 is 0. The fourth-order valence-corrected chi connectivity index (χ4v) is 5.17. The van der Waals surface area contributed by atoms with Gasteiger partial charge in [0.2, 0.25) is 0 Å². The number of hydrogen-bond donors (Lipinski definition) is 0. The normalized spacial score (nSPS) is 24.5. The zero-order valence-corrected chi connectivity index (χ0v) is 17.5. The number of amides is 1. The largest absolute Gasteiger partial charge is 0.448 e. The standard InChI is InChI=1S/C24H27F2N3O2/c25-18-3-1-17(2-4-18)21-16-23(22-15-19(26)5-6-20(21)22)28-10-7-27(8-11-28)9-12-29-13-14-31-24(29)30/h1-6,15,21,23H,7-14,16H2/t21-,23+/m0/s1. The van der Waals surface area contributed by atoms with Crippen LogP contribution in [0.25, 0.3) is 0 Å². The lowest BCUT2D eigenvalue weighted by Crippen LogP contribution is -2.49. The van der Waals surface area contributed by atoms with Crippen molar-refractivity contribution in [1.82, 2.24) is 14.7 Å². The van der Waals surface area contributed by atoms with Crippen LogP contribution < -0.4 is 0 Å². The Morgan fingerprint density at radius 2 is 1.61 bits per heavy atom. The molecule has 1 amide bonds. The van der Waals surface area contributed by atoms with Gasteiger partial charge in [0.25, 0.3) is 0 Å². The fraction of sp³-hybridized carbons (Fsp3) is 0.458. The number of carbonyl (C=O) groups excluding carboxylic acids is 1. The third kappa shape index (κ3) is 4.16. The van der Waals surface area contributed by atoms with Crippen molar-refractivity contribution in [3.8, 4) is 0 Å². The van der Waals surface area contributed by atoms with E-state index in [0.717, 1.165) is 55.8 Å². The number of rotatable bonds is 5. The molecule has 0 radical (unpaired) electrons. The molecule has 1 aliphatic carbocycles. The van der Waals surface area contributed by atoms with Crippen LogP contribution in [0.4, 0.5) is 13.6 Å². The summed E-state index contributed by atoms with van der Waals surface area (Å²) in [7, 11) is 0. The van der Waals surface area contributed by atoms with Gasteiger partial charge in [-0.15, -0.1) is 0 Å². The summed E-state index contributed by atoms with van der Waals surface area (Å²) in [6, 6.07) is 11.9. The Hall–Kier alpha value is -2.51. The minimum absolute atomic E-state index is 0.153. The van der Waals surface area contributed by atoms with Crippen LogP contribution in [0.2, 0.25) is 0 Å². The Labute approximate surface area is 181 Å². The van der Waals surface area contributed by atoms with Crippen molar-refractivity contribution in [2.24, 2.45) is 0 Å². The third-order valence-electron chi connectivity index (χ3n) is 6.89. The van der Waals surface area contributed by atoms with Crippen molar-refractivity contribution < 1.29 is 18.3 Å². The molecule has 2 aromatic carbocycles. The molecule has 2 fully saturated rings. The van der Waals surface area contributed by atoms with E-state index in [9.17, 15) is 13.6 Å². The number of piperazine rings is 1. The van der Waals surface area contributed by atoms with Crippen molar-refractivity contribution in [2.75, 3.05) is 52.4 Å². The first-order valence-corrected chi connectivity index (χ1v) is 11.0. The van der Waals surface area contributed by atoms with E-state index in [1.807, 2.05) is 18.2 Å². The number of halogens is 2. The van der Waals surface area contributed by atoms with Gasteiger partial charge in [0.15, 0.2) is 0 Å². The molecule has 5 rings (SSSR count). The second-order valence-electron chi connectivity index (χ2n) is 8.61. The summed E-state index contributed by atoms with van der Waals surface area (Å²) in [6.45, 7) is 6.35. The second-order valence-corrected chi connectivity index (χ2v) is 8.61. The molecule has 2 saturated heterocycles. The van der Waals surface area contributed by atoms with Crippen LogP contribution in [0.15, 0.2) is 42.5 Å². The van der Waals surface area contributed by atoms with Crippen LogP contribution in [0.1, 0.15) is 35.1 Å². The molecule has 164 valence electrons. The maximum atomic E-state index is 14.1. The zero-order valence-electron chi connectivity index (χ0n) is 17.5. The first kappa shape index (κ1) is 20.4. The van der Waals surface area contributed by atoms with E-state index in [-0.39, 0.29) is 29.7 Å². The van der Waals surface area contributed by atoms with E-state index < -0.39 is 0 Å². The SMILES string of the molecule is O=C1OCCN1CCN1CCN([C@@H]2C[C@@H](c3ccc(F)cc3)c3ccc(F)cc32)CC1. The number of hydrogen-bond acceptors (Lipinski definition) is 4. The number of nitrogens with zero attached hydrogens (tertiary/aromatic N) is 3. The van der Waals surface area contributed by atoms with E-state index >= 15 is 0 Å². The van der Waals surface area contributed by atoms with E-state index in [4.69, 9.17) is 4.74 Å². The number of benzene rings is 2. The maximum absolute atomic E-state index is 14.1. The minimum Gasteiger partial charge on any atom is -0.448 e. The number of carbonyl (C=O) groups is 1. The van der Waals surface area contributed by atoms with E-state index in [0.29, 0.717) is 19.7 Å². The highest BCUT2D eigenvalue weighted by molar-refractivity contribution is 5.69. The number of ether oxygens (including phenoxy) is 1. The van der Waals surface area contributed by atoms with Crippen LogP contribution in [0, 0.1) is 11.6 Å². The second kappa shape index (κ2) is 8.55. The molecule has 0 spiro atoms. The summed E-state index contributed by atoms with van der Waals surface area (Å²) in [5, 5.41) is 0. The quantitative estimate of drug-likeness (QED) is 0.731. The van der Waals surface area contributed by atoms with Crippen LogP contribution in [0.3, 0.4) is 0 Å². The van der Waals surface area contributed by atoms with Crippen LogP contribution in [0.5, 0.6) is 0 Å². The van der Waals surface area contributed by atoms with Crippen LogP contribution >= 0.6 is 0 Å². The van der Waals surface area contributed by atoms with Crippen molar-refractivity contribution >= 4 is 6.09 Å². The Balaban J connectivity index is 1.26. The highest BCUT2D eigenvalue weighted by atomic mass is 19.1. The monoisotopic (exact) mass is 427 g/mol. The molecule has 3 aliphatic rings. The van der Waals surface area contributed by atoms with Gasteiger partial charge in [-0.2, -0.15) is 0 Å². The average molecular weight is 427 g/mol. The molecular weight excluding hydrogens is 400 g/mol. The topological polar surface area (TPSA) is 36.0 Å². The van der Waals surface area contributed by atoms with E-state index in [1.165, 1.54) is 18.2 Å². The van der Waals surface area contributed by atoms with Gasteiger partial charge in [-0.25, -0.2) is 13.6 Å². The third-order valence-corrected chi connectivity index (χ3v) is 6.89. The Morgan fingerprint density at radius 3 is 2.32 bits per heavy atom. The molecule has 7 heteroatoms. The first-order valence-electron chi connectivity index (χ1n) is 11.0. The summed E-state index contributed by atoms with van der Waals surface area (Å²) in [4.78, 5) is 18.2. The summed E-state index contributed by atoms with van der Waals surface area (Å²) in [5.41, 5.74) is 3.28. The van der Waals surface area contributed by atoms with Gasteiger partial charge in [0, 0.05) is 51.2 Å². The molecule has 5 nitrogen and oxygen atoms in total. The maximum Gasteiger partial charge on any atom is 0.409 e. The highest BCUT2D eigenvalue weighted by Gasteiger charge is 2.37. The fourth-order valence-electron chi connectivity index (χ4n) is 5.17. The molecule has 2 heterocycles. The minimum atomic E-state index is -0.240. The molecular formula is C24H27F2N3O2. The van der Waals surface area contributed by atoms with Crippen molar-refractivity contribution in [3.63, 3.8) is 0 Å². The molecule has 2 aromatic rings. The van der Waals surface area contributed by atoms with Crippen molar-refractivity contribution in [1.29, 1.82) is 0 Å². The number of cyclic esters (lactones) is 1. The number of fused-ring (bicyclic) bond motifs is 1. The predicted molar refractivity (Wildman–Crippen MR) is 113 cm³/mol. The Morgan fingerprint density at radius 1 is 0.871 bits per heavy atom. The van der Waals surface area contributed by atoms with Gasteiger partial charge in [-0.05, 0) is 47.4 Å². The molecule has 2 atom stereocenters. The zero-order chi connectivity index (χ0) is 21.4. The van der Waals surface area contributed by atoms with Crippen LogP contribution in [-0.4, -0.2) is 73.2 Å². The lowest BCUT2D eigenvalue weighted by Gasteiger charge is -2.38. The van der Waals surface area contributed by atoms with E-state index in [2.05, 4.69) is 9.80 Å². The van der Waals surface area contributed by atoms with Gasteiger partial charge in [0.1, 0.15) is 18.2 Å². The van der Waals surface area contributed by atoms with E-state index in [1.54, 1.807) is 11.0 Å². The Bertz CT molecular complexity index is 944.